The van der Waals surface area contributed by atoms with E-state index >= 15 is 0 Å². The standard InChI is InChI=1S/C35H48FN5O4/c1-24-18-38(28(20-40(24)32(43)45-33(2,3)4)19-39-13-14-44-23-35(39)11-12-35)21-30(42)41-22-34(5,6)31-29(41)16-26(17-37-31)15-25-7-9-27(36)10-8-25/h7-10,16-17,24,28H,11-15,18-23H2,1-6H3/t24-,28+/m1/s1. The van der Waals surface area contributed by atoms with Gasteiger partial charge < -0.3 is 19.3 Å². The normalized spacial score (nSPS) is 24.5. The van der Waals surface area contributed by atoms with Crippen molar-refractivity contribution in [2.24, 2.45) is 0 Å². The third kappa shape index (κ3) is 6.88. The molecule has 1 aromatic heterocycles. The molecule has 0 unspecified atom stereocenters. The Morgan fingerprint density at radius 1 is 1.11 bits per heavy atom. The van der Waals surface area contributed by atoms with Crippen LogP contribution in [0.2, 0.25) is 0 Å². The first-order chi connectivity index (χ1) is 21.2. The Kier molecular flexibility index (Phi) is 8.46. The van der Waals surface area contributed by atoms with E-state index in [9.17, 15) is 14.0 Å². The van der Waals surface area contributed by atoms with Gasteiger partial charge in [-0.05, 0) is 76.3 Å². The van der Waals surface area contributed by atoms with Crippen LogP contribution in [0.25, 0.3) is 0 Å². The van der Waals surface area contributed by atoms with Gasteiger partial charge in [-0.3, -0.25) is 19.6 Å². The van der Waals surface area contributed by atoms with Gasteiger partial charge in [-0.2, -0.15) is 0 Å². The number of carbonyl (C=O) groups excluding carboxylic acids is 2. The molecule has 244 valence electrons. The van der Waals surface area contributed by atoms with Gasteiger partial charge >= 0.3 is 6.09 Å². The number of aromatic nitrogens is 1. The summed E-state index contributed by atoms with van der Waals surface area (Å²) in [6.07, 6.45) is 4.43. The Morgan fingerprint density at radius 2 is 1.84 bits per heavy atom. The highest BCUT2D eigenvalue weighted by atomic mass is 19.1. The van der Waals surface area contributed by atoms with Crippen LogP contribution in [0.3, 0.4) is 0 Å². The molecule has 10 heteroatoms. The zero-order valence-electron chi connectivity index (χ0n) is 27.6. The summed E-state index contributed by atoms with van der Waals surface area (Å²) in [7, 11) is 0. The largest absolute Gasteiger partial charge is 0.444 e. The number of morpholine rings is 1. The third-order valence-electron chi connectivity index (χ3n) is 9.76. The third-order valence-corrected chi connectivity index (χ3v) is 9.76. The molecule has 2 atom stereocenters. The summed E-state index contributed by atoms with van der Waals surface area (Å²) in [6, 6.07) is 8.46. The van der Waals surface area contributed by atoms with E-state index in [4.69, 9.17) is 14.5 Å². The number of piperazine rings is 1. The fraction of sp³-hybridized carbons (Fsp3) is 0.629. The number of amides is 2. The molecule has 1 aromatic carbocycles. The lowest BCUT2D eigenvalue weighted by Crippen LogP contribution is -2.65. The van der Waals surface area contributed by atoms with Crippen molar-refractivity contribution in [1.29, 1.82) is 0 Å². The first-order valence-corrected chi connectivity index (χ1v) is 16.3. The molecule has 4 aliphatic rings. The van der Waals surface area contributed by atoms with Crippen LogP contribution in [-0.4, -0.2) is 107 Å². The van der Waals surface area contributed by atoms with E-state index in [1.165, 1.54) is 12.1 Å². The Labute approximate surface area is 266 Å². The number of hydrogen-bond acceptors (Lipinski definition) is 7. The van der Waals surface area contributed by atoms with Crippen molar-refractivity contribution >= 4 is 17.7 Å². The van der Waals surface area contributed by atoms with Crippen molar-refractivity contribution in [2.45, 2.75) is 89.4 Å². The molecule has 9 nitrogen and oxygen atoms in total. The second-order valence-electron chi connectivity index (χ2n) is 15.2. The molecule has 2 aromatic rings. The Bertz CT molecular complexity index is 1420. The lowest BCUT2D eigenvalue weighted by atomic mass is 9.91. The number of fused-ring (bicyclic) bond motifs is 1. The van der Waals surface area contributed by atoms with Crippen molar-refractivity contribution in [3.63, 3.8) is 0 Å². The highest BCUT2D eigenvalue weighted by Gasteiger charge is 2.51. The van der Waals surface area contributed by atoms with Gasteiger partial charge in [0.1, 0.15) is 11.4 Å². The lowest BCUT2D eigenvalue weighted by Gasteiger charge is -2.48. The van der Waals surface area contributed by atoms with Crippen LogP contribution in [0, 0.1) is 5.82 Å². The van der Waals surface area contributed by atoms with Crippen LogP contribution < -0.4 is 4.90 Å². The Hall–Kier alpha value is -3.08. The summed E-state index contributed by atoms with van der Waals surface area (Å²) < 4.78 is 25.1. The number of hydrogen-bond donors (Lipinski definition) is 0. The van der Waals surface area contributed by atoms with Gasteiger partial charge in [-0.25, -0.2) is 9.18 Å². The van der Waals surface area contributed by atoms with Crippen LogP contribution in [0.4, 0.5) is 14.9 Å². The fourth-order valence-corrected chi connectivity index (χ4v) is 7.15. The van der Waals surface area contributed by atoms with E-state index < -0.39 is 5.60 Å². The van der Waals surface area contributed by atoms with E-state index in [-0.39, 0.29) is 47.4 Å². The highest BCUT2D eigenvalue weighted by molar-refractivity contribution is 5.97. The average molecular weight is 622 g/mol. The number of carbonyl (C=O) groups is 2. The second kappa shape index (κ2) is 11.9. The van der Waals surface area contributed by atoms with Crippen LogP contribution in [-0.2, 0) is 26.1 Å². The van der Waals surface area contributed by atoms with E-state index in [1.807, 2.05) is 43.7 Å². The van der Waals surface area contributed by atoms with Crippen LogP contribution in [0.1, 0.15) is 71.2 Å². The lowest BCUT2D eigenvalue weighted by molar-refractivity contribution is -0.122. The number of ether oxygens (including phenoxy) is 2. The Balaban J connectivity index is 1.22. The first kappa shape index (κ1) is 31.9. The van der Waals surface area contributed by atoms with E-state index in [1.54, 1.807) is 12.1 Å². The maximum absolute atomic E-state index is 14.2. The van der Waals surface area contributed by atoms with Crippen LogP contribution in [0.5, 0.6) is 0 Å². The summed E-state index contributed by atoms with van der Waals surface area (Å²) in [6.45, 7) is 16.9. The molecule has 1 saturated carbocycles. The van der Waals surface area contributed by atoms with E-state index in [2.05, 4.69) is 29.7 Å². The van der Waals surface area contributed by atoms with Gasteiger partial charge in [0.2, 0.25) is 5.91 Å². The molecular weight excluding hydrogens is 573 g/mol. The molecular formula is C35H48FN5O4. The fourth-order valence-electron chi connectivity index (χ4n) is 7.15. The molecule has 2 saturated heterocycles. The quantitative estimate of drug-likeness (QED) is 0.466. The molecule has 6 rings (SSSR count). The minimum atomic E-state index is -0.582. The number of nitrogens with zero attached hydrogens (tertiary/aromatic N) is 5. The second-order valence-corrected chi connectivity index (χ2v) is 15.2. The molecule has 0 radical (unpaired) electrons. The van der Waals surface area contributed by atoms with Crippen molar-refractivity contribution in [3.8, 4) is 0 Å². The summed E-state index contributed by atoms with van der Waals surface area (Å²) in [5.41, 5.74) is 2.97. The van der Waals surface area contributed by atoms with Gasteiger partial charge in [0.15, 0.2) is 0 Å². The molecule has 4 heterocycles. The van der Waals surface area contributed by atoms with Gasteiger partial charge in [-0.15, -0.1) is 0 Å². The molecule has 0 bridgehead atoms. The topological polar surface area (TPSA) is 78.5 Å². The smallest absolute Gasteiger partial charge is 0.410 e. The molecule has 0 N–H and O–H groups in total. The van der Waals surface area contributed by atoms with E-state index in [0.29, 0.717) is 32.7 Å². The predicted molar refractivity (Wildman–Crippen MR) is 171 cm³/mol. The van der Waals surface area contributed by atoms with Gasteiger partial charge in [0.25, 0.3) is 0 Å². The zero-order chi connectivity index (χ0) is 32.1. The first-order valence-electron chi connectivity index (χ1n) is 16.3. The molecule has 2 amide bonds. The Morgan fingerprint density at radius 3 is 2.53 bits per heavy atom. The molecule has 3 aliphatic heterocycles. The average Bonchev–Trinajstić information content (AvgIpc) is 3.68. The van der Waals surface area contributed by atoms with Gasteiger partial charge in [-0.1, -0.05) is 26.0 Å². The maximum atomic E-state index is 14.2. The van der Waals surface area contributed by atoms with Crippen LogP contribution in [0.15, 0.2) is 36.5 Å². The molecule has 1 spiro atoms. The van der Waals surface area contributed by atoms with Crippen molar-refractivity contribution in [3.05, 3.63) is 59.2 Å². The van der Waals surface area contributed by atoms with E-state index in [0.717, 1.165) is 55.0 Å². The van der Waals surface area contributed by atoms with Crippen molar-refractivity contribution < 1.29 is 23.5 Å². The maximum Gasteiger partial charge on any atom is 0.410 e. The predicted octanol–water partition coefficient (Wildman–Crippen LogP) is 4.61. The summed E-state index contributed by atoms with van der Waals surface area (Å²) >= 11 is 0. The highest BCUT2D eigenvalue weighted by Crippen LogP contribution is 2.44. The number of benzene rings is 1. The molecule has 3 fully saturated rings. The van der Waals surface area contributed by atoms with Gasteiger partial charge in [0.05, 0.1) is 31.1 Å². The van der Waals surface area contributed by atoms with Crippen molar-refractivity contribution in [2.75, 3.05) is 57.4 Å². The number of pyridine rings is 1. The van der Waals surface area contributed by atoms with Gasteiger partial charge in [0, 0.05) is 62.0 Å². The molecule has 1 aliphatic carbocycles. The van der Waals surface area contributed by atoms with Crippen LogP contribution >= 0.6 is 0 Å². The number of halogens is 1. The zero-order valence-corrected chi connectivity index (χ0v) is 27.6. The minimum absolute atomic E-state index is 0.0220. The van der Waals surface area contributed by atoms with Crippen molar-refractivity contribution in [1.82, 2.24) is 19.7 Å². The summed E-state index contributed by atoms with van der Waals surface area (Å²) in [5.74, 6) is -0.224. The number of anilines is 1. The molecule has 45 heavy (non-hydrogen) atoms. The minimum Gasteiger partial charge on any atom is -0.444 e. The monoisotopic (exact) mass is 621 g/mol. The summed E-state index contributed by atoms with van der Waals surface area (Å²) in [5, 5.41) is 0. The summed E-state index contributed by atoms with van der Waals surface area (Å²) in [4.78, 5) is 40.9. The number of rotatable bonds is 6. The SMILES string of the molecule is C[C@@H]1CN(CC(=O)N2CC(C)(C)c3ncc(Cc4ccc(F)cc4)cc32)[C@@H](CN2CCOCC23CC3)CN1C(=O)OC(C)(C)C.